The molecule has 2 aromatic rings. The third-order valence-electron chi connectivity index (χ3n) is 6.55. The van der Waals surface area contributed by atoms with Crippen LogP contribution in [-0.4, -0.2) is 0 Å². The van der Waals surface area contributed by atoms with Crippen molar-refractivity contribution >= 4 is 0 Å². The number of nitrogens with two attached hydrogens (primary N) is 2. The van der Waals surface area contributed by atoms with E-state index in [1.807, 2.05) is 0 Å². The Bertz CT molecular complexity index is 702. The van der Waals surface area contributed by atoms with Crippen molar-refractivity contribution in [3.8, 4) is 11.1 Å². The van der Waals surface area contributed by atoms with Crippen LogP contribution in [0, 0.1) is 0 Å². The molecule has 2 nitrogen and oxygen atoms in total. The summed E-state index contributed by atoms with van der Waals surface area (Å²) in [6.07, 6.45) is 4.83. The topological polar surface area (TPSA) is 52.0 Å². The van der Waals surface area contributed by atoms with E-state index in [4.69, 9.17) is 11.5 Å². The first-order valence-corrected chi connectivity index (χ1v) is 9.75. The van der Waals surface area contributed by atoms with Crippen molar-refractivity contribution in [1.82, 2.24) is 0 Å². The molecule has 2 aromatic carbocycles. The van der Waals surface area contributed by atoms with Crippen LogP contribution in [0.5, 0.6) is 0 Å². The second-order valence-corrected chi connectivity index (χ2v) is 7.65. The lowest BCUT2D eigenvalue weighted by molar-refractivity contribution is 0.412. The van der Waals surface area contributed by atoms with Crippen molar-refractivity contribution in [2.45, 2.75) is 70.9 Å². The van der Waals surface area contributed by atoms with Gasteiger partial charge in [-0.05, 0) is 65.5 Å². The lowest BCUT2D eigenvalue weighted by Gasteiger charge is -2.28. The van der Waals surface area contributed by atoms with Crippen molar-refractivity contribution in [2.24, 2.45) is 11.5 Å². The van der Waals surface area contributed by atoms with Gasteiger partial charge in [-0.15, -0.1) is 0 Å². The molecule has 134 valence electrons. The Morgan fingerprint density at radius 1 is 0.680 bits per heavy atom. The molecule has 2 heteroatoms. The Balaban J connectivity index is 2.00. The van der Waals surface area contributed by atoms with E-state index in [0.29, 0.717) is 0 Å². The molecule has 0 saturated carbocycles. The molecule has 3 rings (SSSR count). The molecule has 0 aromatic heterocycles. The van der Waals surface area contributed by atoms with Crippen LogP contribution in [0.2, 0.25) is 0 Å². The SMILES string of the molecule is CCC(N)(CC)c1ccc2c(c1)Cc1cc(C(N)(CC)CC)ccc1-2. The number of hydrogen-bond acceptors (Lipinski definition) is 2. The number of fused-ring (bicyclic) bond motifs is 3. The fourth-order valence-electron chi connectivity index (χ4n) is 4.15. The fraction of sp³-hybridized carbons (Fsp3) is 0.478. The van der Waals surface area contributed by atoms with Crippen LogP contribution in [0.4, 0.5) is 0 Å². The minimum absolute atomic E-state index is 0.216. The van der Waals surface area contributed by atoms with Gasteiger partial charge in [0.05, 0.1) is 0 Å². The standard InChI is InChI=1S/C23H32N2/c1-5-22(24,6-2)18-9-11-20-16(14-18)13-17-15-19(10-12-21(17)20)23(25,7-3)8-4/h9-12,14-15H,5-8,13,24-25H2,1-4H3. The molecule has 0 amide bonds. The van der Waals surface area contributed by atoms with Crippen molar-refractivity contribution < 1.29 is 0 Å². The molecule has 0 heterocycles. The number of hydrogen-bond donors (Lipinski definition) is 2. The Labute approximate surface area is 152 Å². The molecule has 25 heavy (non-hydrogen) atoms. The van der Waals surface area contributed by atoms with Crippen molar-refractivity contribution in [1.29, 1.82) is 0 Å². The Kier molecular flexibility index (Phi) is 4.78. The Morgan fingerprint density at radius 2 is 1.04 bits per heavy atom. The molecule has 0 saturated heterocycles. The highest BCUT2D eigenvalue weighted by Gasteiger charge is 2.28. The average molecular weight is 337 g/mol. The van der Waals surface area contributed by atoms with E-state index in [9.17, 15) is 0 Å². The lowest BCUT2D eigenvalue weighted by Crippen LogP contribution is -2.35. The van der Waals surface area contributed by atoms with Gasteiger partial charge in [-0.3, -0.25) is 0 Å². The maximum atomic E-state index is 6.62. The molecule has 0 spiro atoms. The summed E-state index contributed by atoms with van der Waals surface area (Å²) in [5.74, 6) is 0. The van der Waals surface area contributed by atoms with Gasteiger partial charge in [-0.1, -0.05) is 64.1 Å². The van der Waals surface area contributed by atoms with Crippen molar-refractivity contribution in [3.05, 3.63) is 58.7 Å². The first-order chi connectivity index (χ1) is 11.9. The zero-order valence-corrected chi connectivity index (χ0v) is 16.2. The third kappa shape index (κ3) is 2.92. The van der Waals surface area contributed by atoms with Gasteiger partial charge in [0.25, 0.3) is 0 Å². The van der Waals surface area contributed by atoms with Crippen LogP contribution in [-0.2, 0) is 17.5 Å². The fourth-order valence-corrected chi connectivity index (χ4v) is 4.15. The molecule has 0 fully saturated rings. The molecule has 0 unspecified atom stereocenters. The molecule has 1 aliphatic rings. The predicted octanol–water partition coefficient (Wildman–Crippen LogP) is 5.21. The minimum atomic E-state index is -0.216. The van der Waals surface area contributed by atoms with Gasteiger partial charge in [0, 0.05) is 11.1 Å². The average Bonchev–Trinajstić information content (AvgIpc) is 3.03. The van der Waals surface area contributed by atoms with Gasteiger partial charge in [0.15, 0.2) is 0 Å². The van der Waals surface area contributed by atoms with Crippen LogP contribution in [0.25, 0.3) is 11.1 Å². The maximum absolute atomic E-state index is 6.62. The largest absolute Gasteiger partial charge is 0.321 e. The second kappa shape index (κ2) is 6.59. The summed E-state index contributed by atoms with van der Waals surface area (Å²) in [7, 11) is 0. The zero-order chi connectivity index (χ0) is 18.2. The quantitative estimate of drug-likeness (QED) is 0.649. The van der Waals surface area contributed by atoms with E-state index >= 15 is 0 Å². The van der Waals surface area contributed by atoms with Crippen molar-refractivity contribution in [2.75, 3.05) is 0 Å². The summed E-state index contributed by atoms with van der Waals surface area (Å²) in [6, 6.07) is 13.6. The molecular formula is C23H32N2. The summed E-state index contributed by atoms with van der Waals surface area (Å²) < 4.78 is 0. The summed E-state index contributed by atoms with van der Waals surface area (Å²) in [5.41, 5.74) is 20.8. The van der Waals surface area contributed by atoms with Crippen LogP contribution in [0.15, 0.2) is 36.4 Å². The molecule has 4 N–H and O–H groups in total. The highest BCUT2D eigenvalue weighted by atomic mass is 14.7. The summed E-state index contributed by atoms with van der Waals surface area (Å²) >= 11 is 0. The van der Waals surface area contributed by atoms with Crippen LogP contribution < -0.4 is 11.5 Å². The van der Waals surface area contributed by atoms with E-state index in [1.54, 1.807) is 0 Å². The van der Waals surface area contributed by atoms with Crippen LogP contribution >= 0.6 is 0 Å². The molecule has 0 atom stereocenters. The number of benzene rings is 2. The molecular weight excluding hydrogens is 304 g/mol. The monoisotopic (exact) mass is 336 g/mol. The van der Waals surface area contributed by atoms with Gasteiger partial charge in [-0.2, -0.15) is 0 Å². The van der Waals surface area contributed by atoms with E-state index < -0.39 is 0 Å². The maximum Gasteiger partial charge on any atom is 0.0404 e. The Hall–Kier alpha value is -1.64. The predicted molar refractivity (Wildman–Crippen MR) is 108 cm³/mol. The highest BCUT2D eigenvalue weighted by molar-refractivity contribution is 5.77. The first kappa shape index (κ1) is 18.2. The van der Waals surface area contributed by atoms with Gasteiger partial charge in [0.1, 0.15) is 0 Å². The normalized spacial score (nSPS) is 13.7. The third-order valence-corrected chi connectivity index (χ3v) is 6.55. The smallest absolute Gasteiger partial charge is 0.0404 e. The molecule has 0 bridgehead atoms. The lowest BCUT2D eigenvalue weighted by atomic mass is 9.84. The molecule has 1 aliphatic carbocycles. The first-order valence-electron chi connectivity index (χ1n) is 9.75. The molecule has 0 aliphatic heterocycles. The second-order valence-electron chi connectivity index (χ2n) is 7.65. The van der Waals surface area contributed by atoms with Crippen LogP contribution in [0.1, 0.15) is 75.6 Å². The van der Waals surface area contributed by atoms with Crippen LogP contribution in [0.3, 0.4) is 0 Å². The van der Waals surface area contributed by atoms with Crippen molar-refractivity contribution in [3.63, 3.8) is 0 Å². The van der Waals surface area contributed by atoms with Gasteiger partial charge in [-0.25, -0.2) is 0 Å². The number of rotatable bonds is 6. The molecule has 0 radical (unpaired) electrons. The summed E-state index contributed by atoms with van der Waals surface area (Å²) in [6.45, 7) is 8.70. The van der Waals surface area contributed by atoms with Gasteiger partial charge in [0.2, 0.25) is 0 Å². The van der Waals surface area contributed by atoms with E-state index in [0.717, 1.165) is 32.1 Å². The highest BCUT2D eigenvalue weighted by Crippen LogP contribution is 2.41. The van der Waals surface area contributed by atoms with Gasteiger partial charge < -0.3 is 11.5 Å². The van der Waals surface area contributed by atoms with E-state index in [-0.39, 0.29) is 11.1 Å². The van der Waals surface area contributed by atoms with Gasteiger partial charge >= 0.3 is 0 Å². The minimum Gasteiger partial charge on any atom is -0.321 e. The Morgan fingerprint density at radius 3 is 1.36 bits per heavy atom. The summed E-state index contributed by atoms with van der Waals surface area (Å²) in [5, 5.41) is 0. The summed E-state index contributed by atoms with van der Waals surface area (Å²) in [4.78, 5) is 0. The van der Waals surface area contributed by atoms with E-state index in [1.165, 1.54) is 33.4 Å². The van der Waals surface area contributed by atoms with E-state index in [2.05, 4.69) is 64.1 Å². The zero-order valence-electron chi connectivity index (χ0n) is 16.2.